The molecule has 124 valence electrons. The van der Waals surface area contributed by atoms with E-state index in [1.165, 1.54) is 16.7 Å². The molecule has 0 amide bonds. The molecule has 0 unspecified atom stereocenters. The van der Waals surface area contributed by atoms with E-state index in [0.717, 1.165) is 18.0 Å². The Morgan fingerprint density at radius 1 is 1.04 bits per heavy atom. The molecule has 0 bridgehead atoms. The van der Waals surface area contributed by atoms with Gasteiger partial charge in [0.15, 0.2) is 0 Å². The number of aliphatic hydroxyl groups is 1. The van der Waals surface area contributed by atoms with Crippen molar-refractivity contribution in [3.63, 3.8) is 0 Å². The molecule has 2 rings (SSSR count). The van der Waals surface area contributed by atoms with Crippen molar-refractivity contribution < 1.29 is 9.84 Å². The fourth-order valence-corrected chi connectivity index (χ4v) is 2.43. The Balaban J connectivity index is 2.13. The highest BCUT2D eigenvalue weighted by atomic mass is 16.5. The van der Waals surface area contributed by atoms with Crippen molar-refractivity contribution in [2.75, 3.05) is 13.2 Å². The number of hydrogen-bond acceptors (Lipinski definition) is 3. The number of benzene rings is 2. The third-order valence-corrected chi connectivity index (χ3v) is 3.71. The molecule has 0 heterocycles. The van der Waals surface area contributed by atoms with Crippen LogP contribution in [0.15, 0.2) is 42.5 Å². The summed E-state index contributed by atoms with van der Waals surface area (Å²) in [5, 5.41) is 11.9. The normalized spacial score (nSPS) is 11.5. The average Bonchev–Trinajstić information content (AvgIpc) is 2.50. The van der Waals surface area contributed by atoms with Crippen LogP contribution in [0, 0.1) is 6.92 Å². The third-order valence-electron chi connectivity index (χ3n) is 3.71. The lowest BCUT2D eigenvalue weighted by Gasteiger charge is -2.23. The Morgan fingerprint density at radius 3 is 2.35 bits per heavy atom. The second-order valence-electron chi connectivity index (χ2n) is 6.90. The maximum absolute atomic E-state index is 8.78. The van der Waals surface area contributed by atoms with Gasteiger partial charge in [0, 0.05) is 18.7 Å². The molecule has 2 aromatic carbocycles. The van der Waals surface area contributed by atoms with Gasteiger partial charge in [-0.05, 0) is 36.1 Å². The fourth-order valence-electron chi connectivity index (χ4n) is 2.43. The van der Waals surface area contributed by atoms with Crippen LogP contribution in [0.25, 0.3) is 0 Å². The van der Waals surface area contributed by atoms with Gasteiger partial charge in [-0.2, -0.15) is 0 Å². The number of rotatable bonds is 6. The van der Waals surface area contributed by atoms with Gasteiger partial charge in [0.25, 0.3) is 0 Å². The van der Waals surface area contributed by atoms with Gasteiger partial charge in [-0.15, -0.1) is 0 Å². The highest BCUT2D eigenvalue weighted by molar-refractivity contribution is 5.44. The minimum absolute atomic E-state index is 0.0372. The summed E-state index contributed by atoms with van der Waals surface area (Å²) in [4.78, 5) is 0. The Morgan fingerprint density at radius 2 is 1.74 bits per heavy atom. The molecule has 0 aliphatic rings. The Kier molecular flexibility index (Phi) is 5.80. The second kappa shape index (κ2) is 7.62. The Labute approximate surface area is 139 Å². The Hall–Kier alpha value is -1.84. The lowest BCUT2D eigenvalue weighted by Crippen LogP contribution is -2.17. The van der Waals surface area contributed by atoms with Crippen LogP contribution in [0.3, 0.4) is 0 Å². The molecular formula is C20H27NO2. The van der Waals surface area contributed by atoms with Crippen LogP contribution in [0.5, 0.6) is 11.5 Å². The van der Waals surface area contributed by atoms with Crippen molar-refractivity contribution in [1.82, 2.24) is 5.32 Å². The van der Waals surface area contributed by atoms with Crippen LogP contribution >= 0.6 is 0 Å². The maximum Gasteiger partial charge on any atom is 0.131 e. The van der Waals surface area contributed by atoms with Gasteiger partial charge in [0.2, 0.25) is 0 Å². The van der Waals surface area contributed by atoms with Gasteiger partial charge in [-0.3, -0.25) is 0 Å². The molecule has 0 spiro atoms. The van der Waals surface area contributed by atoms with E-state index in [2.05, 4.69) is 45.1 Å². The first-order valence-corrected chi connectivity index (χ1v) is 8.09. The van der Waals surface area contributed by atoms with Gasteiger partial charge in [0.05, 0.1) is 6.61 Å². The average molecular weight is 313 g/mol. The summed E-state index contributed by atoms with van der Waals surface area (Å²) in [6.07, 6.45) is 0. The minimum Gasteiger partial charge on any atom is -0.457 e. The van der Waals surface area contributed by atoms with Crippen molar-refractivity contribution in [2.24, 2.45) is 0 Å². The van der Waals surface area contributed by atoms with Crippen LogP contribution in [-0.4, -0.2) is 18.3 Å². The largest absolute Gasteiger partial charge is 0.457 e. The van der Waals surface area contributed by atoms with Crippen LogP contribution < -0.4 is 10.1 Å². The van der Waals surface area contributed by atoms with Crippen molar-refractivity contribution in [1.29, 1.82) is 0 Å². The van der Waals surface area contributed by atoms with E-state index < -0.39 is 0 Å². The van der Waals surface area contributed by atoms with E-state index in [-0.39, 0.29) is 12.0 Å². The maximum atomic E-state index is 8.78. The quantitative estimate of drug-likeness (QED) is 0.787. The SMILES string of the molecule is Cc1ccc(Oc2ccc(CNCCO)cc2)c(C(C)(C)C)c1. The highest BCUT2D eigenvalue weighted by Gasteiger charge is 2.19. The smallest absolute Gasteiger partial charge is 0.131 e. The van der Waals surface area contributed by atoms with Crippen LogP contribution in [-0.2, 0) is 12.0 Å². The third kappa shape index (κ3) is 5.08. The predicted octanol–water partition coefficient (Wildman–Crippen LogP) is 4.17. The molecule has 2 aromatic rings. The summed E-state index contributed by atoms with van der Waals surface area (Å²) in [5.41, 5.74) is 3.67. The van der Waals surface area contributed by atoms with Gasteiger partial charge < -0.3 is 15.2 Å². The molecule has 0 aliphatic carbocycles. The molecule has 0 fully saturated rings. The highest BCUT2D eigenvalue weighted by Crippen LogP contribution is 2.34. The first kappa shape index (κ1) is 17.5. The molecule has 0 radical (unpaired) electrons. The molecule has 0 aliphatic heterocycles. The van der Waals surface area contributed by atoms with E-state index in [4.69, 9.17) is 9.84 Å². The van der Waals surface area contributed by atoms with Crippen LogP contribution in [0.1, 0.15) is 37.5 Å². The summed E-state index contributed by atoms with van der Waals surface area (Å²) in [6, 6.07) is 14.4. The monoisotopic (exact) mass is 313 g/mol. The minimum atomic E-state index is 0.0372. The molecule has 3 heteroatoms. The standard InChI is InChI=1S/C20H27NO2/c1-15-5-10-19(18(13-15)20(2,3)4)23-17-8-6-16(7-9-17)14-21-11-12-22/h5-10,13,21-22H,11-12,14H2,1-4H3. The van der Waals surface area contributed by atoms with Gasteiger partial charge in [-0.1, -0.05) is 50.6 Å². The number of nitrogens with one attached hydrogen (secondary N) is 1. The number of ether oxygens (including phenoxy) is 1. The number of aryl methyl sites for hydroxylation is 1. The van der Waals surface area contributed by atoms with Crippen molar-refractivity contribution in [2.45, 2.75) is 39.7 Å². The summed E-state index contributed by atoms with van der Waals surface area (Å²) in [5.74, 6) is 1.75. The molecule has 0 atom stereocenters. The van der Waals surface area contributed by atoms with Crippen LogP contribution in [0.2, 0.25) is 0 Å². The van der Waals surface area contributed by atoms with Crippen molar-refractivity contribution >= 4 is 0 Å². The molecule has 0 saturated heterocycles. The molecule has 23 heavy (non-hydrogen) atoms. The molecule has 0 aromatic heterocycles. The lowest BCUT2D eigenvalue weighted by atomic mass is 9.85. The zero-order valence-corrected chi connectivity index (χ0v) is 14.5. The summed E-state index contributed by atoms with van der Waals surface area (Å²) in [6.45, 7) is 10.2. The number of aliphatic hydroxyl groups excluding tert-OH is 1. The van der Waals surface area contributed by atoms with E-state index in [1.807, 2.05) is 30.3 Å². The van der Waals surface area contributed by atoms with E-state index in [9.17, 15) is 0 Å². The first-order chi connectivity index (χ1) is 10.9. The predicted molar refractivity (Wildman–Crippen MR) is 95.2 cm³/mol. The lowest BCUT2D eigenvalue weighted by molar-refractivity contribution is 0.292. The second-order valence-corrected chi connectivity index (χ2v) is 6.90. The first-order valence-electron chi connectivity index (χ1n) is 8.09. The molecule has 3 nitrogen and oxygen atoms in total. The summed E-state index contributed by atoms with van der Waals surface area (Å²) >= 11 is 0. The Bertz CT molecular complexity index is 627. The fraction of sp³-hybridized carbons (Fsp3) is 0.400. The van der Waals surface area contributed by atoms with E-state index in [1.54, 1.807) is 0 Å². The van der Waals surface area contributed by atoms with Crippen molar-refractivity contribution in [3.8, 4) is 11.5 Å². The van der Waals surface area contributed by atoms with Crippen LogP contribution in [0.4, 0.5) is 0 Å². The van der Waals surface area contributed by atoms with Gasteiger partial charge >= 0.3 is 0 Å². The van der Waals surface area contributed by atoms with Gasteiger partial charge in [0.1, 0.15) is 11.5 Å². The molecular weight excluding hydrogens is 286 g/mol. The van der Waals surface area contributed by atoms with Gasteiger partial charge in [-0.25, -0.2) is 0 Å². The topological polar surface area (TPSA) is 41.5 Å². The molecule has 2 N–H and O–H groups in total. The van der Waals surface area contributed by atoms with E-state index >= 15 is 0 Å². The number of hydrogen-bond donors (Lipinski definition) is 2. The summed E-state index contributed by atoms with van der Waals surface area (Å²) < 4.78 is 6.11. The summed E-state index contributed by atoms with van der Waals surface area (Å²) in [7, 11) is 0. The van der Waals surface area contributed by atoms with Crippen molar-refractivity contribution in [3.05, 3.63) is 59.2 Å². The zero-order chi connectivity index (χ0) is 16.9. The molecule has 0 saturated carbocycles. The van der Waals surface area contributed by atoms with E-state index in [0.29, 0.717) is 6.54 Å². The zero-order valence-electron chi connectivity index (χ0n) is 14.5.